The van der Waals surface area contributed by atoms with Crippen LogP contribution in [0.2, 0.25) is 0 Å². The average Bonchev–Trinajstić information content (AvgIpc) is 2.75. The van der Waals surface area contributed by atoms with Crippen molar-refractivity contribution in [3.8, 4) is 11.5 Å². The molecule has 0 aromatic heterocycles. The molecule has 0 aliphatic rings. The van der Waals surface area contributed by atoms with Crippen molar-refractivity contribution in [2.75, 3.05) is 7.11 Å². The van der Waals surface area contributed by atoms with Crippen molar-refractivity contribution >= 4 is 46.0 Å². The number of phenolic OH excluding ortho intramolecular Hbond substituents is 1. The number of fused-ring (bicyclic) bond motifs is 1. The molecule has 0 spiro atoms. The van der Waals surface area contributed by atoms with Gasteiger partial charge in [-0.3, -0.25) is 25.8 Å². The van der Waals surface area contributed by atoms with Gasteiger partial charge in [0.15, 0.2) is 5.11 Å². The molecule has 7 nitrogen and oxygen atoms in total. The van der Waals surface area contributed by atoms with Gasteiger partial charge in [-0.15, -0.1) is 0 Å². The standard InChI is InChI=1S/C22H19N3O4S/c1-29-19-9-5-4-6-14(19)10-11-20(27)23-22(30)25-24-21(28)17-12-15-7-2-3-8-16(15)13-18(17)26/h2-13,26H,1H3,(H,24,28)(H2,23,25,27,30)/b11-10+. The maximum absolute atomic E-state index is 12.3. The normalized spacial score (nSPS) is 10.6. The van der Waals surface area contributed by atoms with Crippen LogP contribution in [0.25, 0.3) is 16.8 Å². The van der Waals surface area contributed by atoms with Crippen molar-refractivity contribution in [2.45, 2.75) is 0 Å². The summed E-state index contributed by atoms with van der Waals surface area (Å²) in [7, 11) is 1.54. The lowest BCUT2D eigenvalue weighted by molar-refractivity contribution is -0.115. The van der Waals surface area contributed by atoms with E-state index in [-0.39, 0.29) is 16.4 Å². The van der Waals surface area contributed by atoms with Gasteiger partial charge in [0.2, 0.25) is 5.91 Å². The van der Waals surface area contributed by atoms with Crippen LogP contribution in [0.5, 0.6) is 11.5 Å². The van der Waals surface area contributed by atoms with Crippen molar-refractivity contribution in [1.82, 2.24) is 16.2 Å². The number of hydrazine groups is 1. The number of nitrogens with one attached hydrogen (secondary N) is 3. The van der Waals surface area contributed by atoms with Crippen LogP contribution in [-0.2, 0) is 4.79 Å². The molecule has 152 valence electrons. The van der Waals surface area contributed by atoms with Gasteiger partial charge >= 0.3 is 0 Å². The van der Waals surface area contributed by atoms with Gasteiger partial charge in [-0.2, -0.15) is 0 Å². The fourth-order valence-corrected chi connectivity index (χ4v) is 2.90. The number of phenols is 1. The zero-order valence-corrected chi connectivity index (χ0v) is 16.8. The third-order valence-corrected chi connectivity index (χ3v) is 4.39. The topological polar surface area (TPSA) is 99.7 Å². The first-order valence-electron chi connectivity index (χ1n) is 8.92. The maximum Gasteiger partial charge on any atom is 0.273 e. The van der Waals surface area contributed by atoms with Gasteiger partial charge in [0.05, 0.1) is 12.7 Å². The highest BCUT2D eigenvalue weighted by molar-refractivity contribution is 7.80. The summed E-state index contributed by atoms with van der Waals surface area (Å²) in [5.41, 5.74) is 5.60. The quantitative estimate of drug-likeness (QED) is 0.294. The van der Waals surface area contributed by atoms with Crippen LogP contribution in [-0.4, -0.2) is 29.1 Å². The van der Waals surface area contributed by atoms with E-state index in [2.05, 4.69) is 16.2 Å². The number of amides is 2. The van der Waals surface area contributed by atoms with E-state index in [9.17, 15) is 14.7 Å². The lowest BCUT2D eigenvalue weighted by Gasteiger charge is -2.11. The van der Waals surface area contributed by atoms with Crippen molar-refractivity contribution < 1.29 is 19.4 Å². The molecule has 30 heavy (non-hydrogen) atoms. The van der Waals surface area contributed by atoms with E-state index >= 15 is 0 Å². The Balaban J connectivity index is 1.56. The minimum absolute atomic E-state index is 0.0754. The molecule has 0 heterocycles. The fraction of sp³-hybridized carbons (Fsp3) is 0.0455. The molecular weight excluding hydrogens is 402 g/mol. The summed E-state index contributed by atoms with van der Waals surface area (Å²) in [4.78, 5) is 24.4. The van der Waals surface area contributed by atoms with E-state index in [1.54, 1.807) is 31.4 Å². The van der Waals surface area contributed by atoms with E-state index in [0.29, 0.717) is 5.75 Å². The van der Waals surface area contributed by atoms with Crippen molar-refractivity contribution in [3.05, 3.63) is 77.9 Å². The minimum Gasteiger partial charge on any atom is -0.507 e. The molecule has 0 radical (unpaired) electrons. The first kappa shape index (κ1) is 20.8. The van der Waals surface area contributed by atoms with Crippen LogP contribution in [0, 0.1) is 0 Å². The Bertz CT molecular complexity index is 1140. The molecule has 3 rings (SSSR count). The Morgan fingerprint density at radius 2 is 1.67 bits per heavy atom. The summed E-state index contributed by atoms with van der Waals surface area (Å²) in [5, 5.41) is 14.0. The Labute approximate surface area is 178 Å². The summed E-state index contributed by atoms with van der Waals surface area (Å²) in [6.45, 7) is 0. The van der Waals surface area contributed by atoms with Gasteiger partial charge in [0.1, 0.15) is 11.5 Å². The van der Waals surface area contributed by atoms with E-state index in [1.807, 2.05) is 36.4 Å². The largest absolute Gasteiger partial charge is 0.507 e. The lowest BCUT2D eigenvalue weighted by Crippen LogP contribution is -2.48. The van der Waals surface area contributed by atoms with Crippen molar-refractivity contribution in [3.63, 3.8) is 0 Å². The number of benzene rings is 3. The van der Waals surface area contributed by atoms with Gasteiger partial charge in [-0.05, 0) is 47.3 Å². The minimum atomic E-state index is -0.598. The number of ether oxygens (including phenoxy) is 1. The second-order valence-electron chi connectivity index (χ2n) is 6.19. The zero-order valence-electron chi connectivity index (χ0n) is 16.0. The molecule has 0 aliphatic carbocycles. The Hall–Kier alpha value is -3.91. The number of hydrogen-bond acceptors (Lipinski definition) is 5. The molecule has 3 aromatic rings. The number of methoxy groups -OCH3 is 1. The van der Waals surface area contributed by atoms with E-state index < -0.39 is 11.8 Å². The molecule has 3 aromatic carbocycles. The van der Waals surface area contributed by atoms with Crippen LogP contribution >= 0.6 is 12.2 Å². The average molecular weight is 421 g/mol. The molecular formula is C22H19N3O4S. The summed E-state index contributed by atoms with van der Waals surface area (Å²) >= 11 is 5.01. The number of carbonyl (C=O) groups is 2. The first-order valence-corrected chi connectivity index (χ1v) is 9.33. The number of carbonyl (C=O) groups excluding carboxylic acids is 2. The highest BCUT2D eigenvalue weighted by atomic mass is 32.1. The summed E-state index contributed by atoms with van der Waals surface area (Å²) in [6.07, 6.45) is 2.88. The van der Waals surface area contributed by atoms with Gasteiger partial charge < -0.3 is 9.84 Å². The van der Waals surface area contributed by atoms with Crippen LogP contribution in [0.15, 0.2) is 66.7 Å². The fourth-order valence-electron chi connectivity index (χ4n) is 2.75. The van der Waals surface area contributed by atoms with E-state index in [4.69, 9.17) is 17.0 Å². The Morgan fingerprint density at radius 1 is 1.00 bits per heavy atom. The second-order valence-corrected chi connectivity index (χ2v) is 6.60. The number of hydrogen-bond donors (Lipinski definition) is 4. The van der Waals surface area contributed by atoms with Crippen molar-refractivity contribution in [2.24, 2.45) is 0 Å². The van der Waals surface area contributed by atoms with Gasteiger partial charge in [-0.25, -0.2) is 0 Å². The van der Waals surface area contributed by atoms with Crippen LogP contribution in [0.3, 0.4) is 0 Å². The van der Waals surface area contributed by atoms with E-state index in [1.165, 1.54) is 12.1 Å². The molecule has 8 heteroatoms. The number of rotatable bonds is 4. The molecule has 0 bridgehead atoms. The van der Waals surface area contributed by atoms with Crippen LogP contribution in [0.4, 0.5) is 0 Å². The Morgan fingerprint density at radius 3 is 2.40 bits per heavy atom. The monoisotopic (exact) mass is 421 g/mol. The molecule has 0 saturated heterocycles. The number of thiocarbonyl (C=S) groups is 1. The van der Waals surface area contributed by atoms with Gasteiger partial charge in [0.25, 0.3) is 5.91 Å². The third-order valence-electron chi connectivity index (χ3n) is 4.19. The summed E-state index contributed by atoms with van der Waals surface area (Å²) in [5.74, 6) is -0.618. The first-order chi connectivity index (χ1) is 14.5. The predicted molar refractivity (Wildman–Crippen MR) is 119 cm³/mol. The number of aromatic hydroxyl groups is 1. The van der Waals surface area contributed by atoms with Crippen LogP contribution < -0.4 is 20.9 Å². The highest BCUT2D eigenvalue weighted by Gasteiger charge is 2.13. The third kappa shape index (κ3) is 5.12. The summed E-state index contributed by atoms with van der Waals surface area (Å²) < 4.78 is 5.21. The molecule has 0 unspecified atom stereocenters. The number of para-hydroxylation sites is 1. The lowest BCUT2D eigenvalue weighted by atomic mass is 10.1. The molecule has 4 N–H and O–H groups in total. The smallest absolute Gasteiger partial charge is 0.273 e. The van der Waals surface area contributed by atoms with Crippen molar-refractivity contribution in [1.29, 1.82) is 0 Å². The molecule has 0 fully saturated rings. The van der Waals surface area contributed by atoms with Gasteiger partial charge in [-0.1, -0.05) is 42.5 Å². The molecule has 0 atom stereocenters. The second kappa shape index (κ2) is 9.53. The molecule has 0 saturated carbocycles. The summed E-state index contributed by atoms with van der Waals surface area (Å²) in [6, 6.07) is 17.6. The molecule has 2 amide bonds. The SMILES string of the molecule is COc1ccccc1/C=C/C(=O)NC(=S)NNC(=O)c1cc2ccccc2cc1O. The maximum atomic E-state index is 12.3. The van der Waals surface area contributed by atoms with E-state index in [0.717, 1.165) is 16.3 Å². The predicted octanol–water partition coefficient (Wildman–Crippen LogP) is 2.90. The Kier molecular flexibility index (Phi) is 6.61. The molecule has 0 aliphatic heterocycles. The zero-order chi connectivity index (χ0) is 21.5. The van der Waals surface area contributed by atoms with Gasteiger partial charge in [0, 0.05) is 11.6 Å². The van der Waals surface area contributed by atoms with Crippen LogP contribution in [0.1, 0.15) is 15.9 Å². The highest BCUT2D eigenvalue weighted by Crippen LogP contribution is 2.24.